The molecule has 0 saturated carbocycles. The Kier molecular flexibility index (Phi) is 6.05. The van der Waals surface area contributed by atoms with E-state index in [0.29, 0.717) is 11.6 Å². The number of hydrogen-bond donors (Lipinski definition) is 2. The minimum absolute atomic E-state index is 0.122. The third-order valence-electron chi connectivity index (χ3n) is 3.52. The topological polar surface area (TPSA) is 61.4 Å². The molecule has 2 amide bonds. The Morgan fingerprint density at radius 3 is 2.08 bits per heavy atom. The van der Waals surface area contributed by atoms with Gasteiger partial charge in [0.25, 0.3) is 11.8 Å². The molecule has 0 aliphatic heterocycles. The predicted molar refractivity (Wildman–Crippen MR) is 91.8 cm³/mol. The van der Waals surface area contributed by atoms with Crippen molar-refractivity contribution >= 4 is 17.5 Å². The van der Waals surface area contributed by atoms with Crippen LogP contribution in [0.3, 0.4) is 0 Å². The van der Waals surface area contributed by atoms with Crippen LogP contribution in [0.25, 0.3) is 0 Å². The van der Waals surface area contributed by atoms with E-state index >= 15 is 0 Å². The summed E-state index contributed by atoms with van der Waals surface area (Å²) in [6, 6.07) is 9.80. The molecule has 7 heteroatoms. The Labute approximate surface area is 144 Å². The summed E-state index contributed by atoms with van der Waals surface area (Å²) in [5, 5.41) is 5.12. The number of rotatable bonds is 6. The molecule has 0 aromatic heterocycles. The van der Waals surface area contributed by atoms with Crippen molar-refractivity contribution in [1.82, 2.24) is 10.6 Å². The monoisotopic (exact) mass is 347 g/mol. The zero-order valence-corrected chi connectivity index (χ0v) is 14.0. The molecule has 5 nitrogen and oxygen atoms in total. The molecule has 0 fully saturated rings. The van der Waals surface area contributed by atoms with Crippen molar-refractivity contribution in [1.29, 1.82) is 0 Å². The minimum Gasteiger partial charge on any atom is -0.378 e. The second-order valence-corrected chi connectivity index (χ2v) is 5.58. The lowest BCUT2D eigenvalue weighted by Crippen LogP contribution is -2.35. The number of anilines is 1. The van der Waals surface area contributed by atoms with Crippen molar-refractivity contribution < 1.29 is 18.4 Å². The van der Waals surface area contributed by atoms with Gasteiger partial charge in [-0.1, -0.05) is 0 Å². The third kappa shape index (κ3) is 5.00. The van der Waals surface area contributed by atoms with Gasteiger partial charge in [0.05, 0.1) is 5.56 Å². The first-order chi connectivity index (χ1) is 11.9. The molecule has 0 aliphatic carbocycles. The number of halogens is 2. The Morgan fingerprint density at radius 2 is 1.52 bits per heavy atom. The first-order valence-corrected chi connectivity index (χ1v) is 7.67. The van der Waals surface area contributed by atoms with Crippen LogP contribution in [-0.2, 0) is 0 Å². The molecule has 0 spiro atoms. The van der Waals surface area contributed by atoms with Gasteiger partial charge in [-0.2, -0.15) is 0 Å². The summed E-state index contributed by atoms with van der Waals surface area (Å²) in [4.78, 5) is 25.7. The Hall–Kier alpha value is -2.96. The van der Waals surface area contributed by atoms with Crippen LogP contribution in [0.15, 0.2) is 42.5 Å². The smallest absolute Gasteiger partial charge is 0.254 e. The molecule has 2 aromatic rings. The number of nitrogens with zero attached hydrogens (tertiary/aromatic N) is 1. The molecule has 0 heterocycles. The van der Waals surface area contributed by atoms with Gasteiger partial charge < -0.3 is 15.5 Å². The molecular weight excluding hydrogens is 328 g/mol. The highest BCUT2D eigenvalue weighted by Crippen LogP contribution is 2.12. The first kappa shape index (κ1) is 18.4. The Bertz CT molecular complexity index is 761. The van der Waals surface area contributed by atoms with Crippen LogP contribution in [0.4, 0.5) is 14.5 Å². The highest BCUT2D eigenvalue weighted by atomic mass is 19.1. The highest BCUT2D eigenvalue weighted by molar-refractivity contribution is 5.95. The summed E-state index contributed by atoms with van der Waals surface area (Å²) in [6.45, 7) is 0.306. The van der Waals surface area contributed by atoms with Crippen LogP contribution in [0.5, 0.6) is 0 Å². The standard InChI is InChI=1S/C18H19F2N3O2/c1-23(2)14-6-3-12(4-7-14)17(24)21-9-10-22-18(25)15-8-5-13(19)11-16(15)20/h3-8,11H,9-10H2,1-2H3,(H,21,24)(H,22,25). The quantitative estimate of drug-likeness (QED) is 0.788. The molecule has 0 saturated heterocycles. The van der Waals surface area contributed by atoms with Crippen molar-refractivity contribution in [3.63, 3.8) is 0 Å². The van der Waals surface area contributed by atoms with Crippen molar-refractivity contribution in [3.8, 4) is 0 Å². The zero-order chi connectivity index (χ0) is 18.4. The van der Waals surface area contributed by atoms with Gasteiger partial charge in [0.2, 0.25) is 0 Å². The van der Waals surface area contributed by atoms with E-state index in [4.69, 9.17) is 0 Å². The zero-order valence-electron chi connectivity index (χ0n) is 14.0. The molecule has 0 radical (unpaired) electrons. The molecule has 25 heavy (non-hydrogen) atoms. The van der Waals surface area contributed by atoms with E-state index in [9.17, 15) is 18.4 Å². The molecule has 0 atom stereocenters. The summed E-state index contributed by atoms with van der Waals surface area (Å²) in [5.41, 5.74) is 1.23. The minimum atomic E-state index is -0.928. The summed E-state index contributed by atoms with van der Waals surface area (Å²) >= 11 is 0. The number of benzene rings is 2. The number of amides is 2. The fourth-order valence-electron chi connectivity index (χ4n) is 2.13. The molecule has 0 unspecified atom stereocenters. The van der Waals surface area contributed by atoms with Gasteiger partial charge in [-0.3, -0.25) is 9.59 Å². The van der Waals surface area contributed by atoms with Gasteiger partial charge >= 0.3 is 0 Å². The lowest BCUT2D eigenvalue weighted by Gasteiger charge is -2.12. The van der Waals surface area contributed by atoms with E-state index in [-0.39, 0.29) is 24.6 Å². The summed E-state index contributed by atoms with van der Waals surface area (Å²) in [5.74, 6) is -2.61. The lowest BCUT2D eigenvalue weighted by molar-refractivity contribution is 0.0925. The van der Waals surface area contributed by atoms with E-state index in [0.717, 1.165) is 17.8 Å². The van der Waals surface area contributed by atoms with E-state index in [1.54, 1.807) is 12.1 Å². The van der Waals surface area contributed by atoms with Crippen LogP contribution in [0.2, 0.25) is 0 Å². The highest BCUT2D eigenvalue weighted by Gasteiger charge is 2.12. The second-order valence-electron chi connectivity index (χ2n) is 5.58. The maximum atomic E-state index is 13.5. The fraction of sp³-hybridized carbons (Fsp3) is 0.222. The molecule has 2 N–H and O–H groups in total. The van der Waals surface area contributed by atoms with Crippen LogP contribution < -0.4 is 15.5 Å². The van der Waals surface area contributed by atoms with E-state index < -0.39 is 17.5 Å². The molecular formula is C18H19F2N3O2. The Balaban J connectivity index is 1.80. The van der Waals surface area contributed by atoms with Gasteiger partial charge in [0.1, 0.15) is 11.6 Å². The van der Waals surface area contributed by atoms with Crippen molar-refractivity contribution in [2.24, 2.45) is 0 Å². The number of nitrogens with one attached hydrogen (secondary N) is 2. The molecule has 132 valence electrons. The third-order valence-corrected chi connectivity index (χ3v) is 3.52. The Morgan fingerprint density at radius 1 is 0.920 bits per heavy atom. The number of carbonyl (C=O) groups excluding carboxylic acids is 2. The fourth-order valence-corrected chi connectivity index (χ4v) is 2.13. The summed E-state index contributed by atoms with van der Waals surface area (Å²) in [7, 11) is 3.81. The maximum absolute atomic E-state index is 13.5. The van der Waals surface area contributed by atoms with Crippen LogP contribution in [0.1, 0.15) is 20.7 Å². The first-order valence-electron chi connectivity index (χ1n) is 7.67. The van der Waals surface area contributed by atoms with Crippen molar-refractivity contribution in [3.05, 3.63) is 65.2 Å². The average Bonchev–Trinajstić information content (AvgIpc) is 2.58. The molecule has 0 bridgehead atoms. The SMILES string of the molecule is CN(C)c1ccc(C(=O)NCCNC(=O)c2ccc(F)cc2F)cc1. The van der Waals surface area contributed by atoms with Gasteiger partial charge in [-0.15, -0.1) is 0 Å². The molecule has 0 aliphatic rings. The summed E-state index contributed by atoms with van der Waals surface area (Å²) < 4.78 is 26.3. The largest absolute Gasteiger partial charge is 0.378 e. The van der Waals surface area contributed by atoms with Gasteiger partial charge in [-0.05, 0) is 36.4 Å². The normalized spacial score (nSPS) is 10.2. The van der Waals surface area contributed by atoms with E-state index in [1.165, 1.54) is 0 Å². The predicted octanol–water partition coefficient (Wildman–Crippen LogP) is 2.19. The second kappa shape index (κ2) is 8.23. The van der Waals surface area contributed by atoms with Crippen LogP contribution in [-0.4, -0.2) is 39.0 Å². The van der Waals surface area contributed by atoms with Gasteiger partial charge in [0.15, 0.2) is 0 Å². The number of hydrogen-bond acceptors (Lipinski definition) is 3. The summed E-state index contributed by atoms with van der Waals surface area (Å²) in [6.07, 6.45) is 0. The van der Waals surface area contributed by atoms with Crippen LogP contribution in [0, 0.1) is 11.6 Å². The van der Waals surface area contributed by atoms with Gasteiger partial charge in [0, 0.05) is 44.5 Å². The van der Waals surface area contributed by atoms with Crippen molar-refractivity contribution in [2.75, 3.05) is 32.1 Å². The number of carbonyl (C=O) groups is 2. The average molecular weight is 347 g/mol. The lowest BCUT2D eigenvalue weighted by atomic mass is 10.2. The molecule has 2 aromatic carbocycles. The van der Waals surface area contributed by atoms with Crippen molar-refractivity contribution in [2.45, 2.75) is 0 Å². The molecule has 2 rings (SSSR count). The van der Waals surface area contributed by atoms with Crippen LogP contribution >= 0.6 is 0 Å². The van der Waals surface area contributed by atoms with E-state index in [2.05, 4.69) is 10.6 Å². The maximum Gasteiger partial charge on any atom is 0.254 e. The van der Waals surface area contributed by atoms with E-state index in [1.807, 2.05) is 31.1 Å². The van der Waals surface area contributed by atoms with Gasteiger partial charge in [-0.25, -0.2) is 8.78 Å².